The third-order valence-corrected chi connectivity index (χ3v) is 5.08. The smallest absolute Gasteiger partial charge is 0.314 e. The zero-order chi connectivity index (χ0) is 16.6. The molecule has 1 unspecified atom stereocenters. The van der Waals surface area contributed by atoms with Gasteiger partial charge >= 0.3 is 5.97 Å². The minimum atomic E-state index is -0.273. The van der Waals surface area contributed by atoms with E-state index < -0.39 is 0 Å². The number of benzene rings is 1. The number of carbonyl (C=O) groups excluding carboxylic acids is 2. The van der Waals surface area contributed by atoms with Crippen molar-refractivity contribution >= 4 is 23.5 Å². The van der Waals surface area contributed by atoms with E-state index in [1.807, 2.05) is 48.1 Å². The van der Waals surface area contributed by atoms with Crippen molar-refractivity contribution in [1.29, 1.82) is 0 Å². The summed E-state index contributed by atoms with van der Waals surface area (Å²) >= 11 is 1.53. The molecule has 0 saturated carbocycles. The summed E-state index contributed by atoms with van der Waals surface area (Å²) in [4.78, 5) is 25.8. The lowest BCUT2D eigenvalue weighted by atomic mass is 10.0. The molecule has 1 atom stereocenters. The molecule has 23 heavy (non-hydrogen) atoms. The van der Waals surface area contributed by atoms with E-state index in [1.54, 1.807) is 0 Å². The molecule has 120 valence electrons. The van der Waals surface area contributed by atoms with Crippen LogP contribution in [0.4, 0.5) is 0 Å². The highest BCUT2D eigenvalue weighted by Crippen LogP contribution is 2.37. The third kappa shape index (κ3) is 2.70. The van der Waals surface area contributed by atoms with Crippen molar-refractivity contribution in [3.8, 4) is 0 Å². The van der Waals surface area contributed by atoms with Gasteiger partial charge in [0, 0.05) is 22.7 Å². The van der Waals surface area contributed by atoms with Crippen LogP contribution in [0.15, 0.2) is 35.2 Å². The molecular formula is C18H19NO3S. The van der Waals surface area contributed by atoms with Crippen molar-refractivity contribution in [2.24, 2.45) is 0 Å². The number of aromatic nitrogens is 1. The van der Waals surface area contributed by atoms with Gasteiger partial charge < -0.3 is 9.30 Å². The van der Waals surface area contributed by atoms with E-state index >= 15 is 0 Å². The highest BCUT2D eigenvalue weighted by atomic mass is 32.2. The number of ether oxygens (including phenoxy) is 1. The summed E-state index contributed by atoms with van der Waals surface area (Å²) in [6.45, 7) is 2.67. The first-order valence-electron chi connectivity index (χ1n) is 7.53. The number of hydrogen-bond acceptors (Lipinski definition) is 4. The molecule has 0 saturated heterocycles. The molecule has 0 spiro atoms. The summed E-state index contributed by atoms with van der Waals surface area (Å²) in [7, 11) is 1.40. The van der Waals surface area contributed by atoms with Gasteiger partial charge in [0.05, 0.1) is 13.0 Å². The summed E-state index contributed by atoms with van der Waals surface area (Å²) in [5.74, 6) is -0.500. The standard InChI is InChI=1S/C18H19NO3S/c1-11-4-6-12(7-5-11)17(20)16-15(23-3)10-14-13(18(21)22-2)8-9-19(14)16/h4-7,10,13H,8-9H2,1-3H3. The Morgan fingerprint density at radius 1 is 1.26 bits per heavy atom. The minimum absolute atomic E-state index is 0.00566. The number of esters is 1. The van der Waals surface area contributed by atoms with Crippen molar-refractivity contribution in [1.82, 2.24) is 4.57 Å². The maximum absolute atomic E-state index is 13.0. The monoisotopic (exact) mass is 329 g/mol. The first-order valence-corrected chi connectivity index (χ1v) is 8.76. The number of rotatable bonds is 4. The predicted octanol–water partition coefficient (Wildman–Crippen LogP) is 3.41. The molecule has 0 fully saturated rings. The number of fused-ring (bicyclic) bond motifs is 1. The second-order valence-corrected chi connectivity index (χ2v) is 6.55. The molecule has 0 radical (unpaired) electrons. The normalized spacial score (nSPS) is 16.2. The summed E-state index contributed by atoms with van der Waals surface area (Å²) in [6, 6.07) is 9.55. The van der Waals surface area contributed by atoms with Crippen LogP contribution in [0.3, 0.4) is 0 Å². The Kier molecular flexibility index (Phi) is 4.31. The van der Waals surface area contributed by atoms with E-state index in [-0.39, 0.29) is 17.7 Å². The number of ketones is 1. The largest absolute Gasteiger partial charge is 0.469 e. The Morgan fingerprint density at radius 2 is 1.96 bits per heavy atom. The molecule has 0 N–H and O–H groups in total. The number of nitrogens with zero attached hydrogens (tertiary/aromatic N) is 1. The van der Waals surface area contributed by atoms with Gasteiger partial charge in [-0.3, -0.25) is 9.59 Å². The van der Waals surface area contributed by atoms with Crippen molar-refractivity contribution in [3.63, 3.8) is 0 Å². The molecule has 1 aromatic heterocycles. The number of thioether (sulfide) groups is 1. The SMILES string of the molecule is COC(=O)C1CCn2c1cc(SC)c2C(=O)c1ccc(C)cc1. The van der Waals surface area contributed by atoms with E-state index in [2.05, 4.69) is 0 Å². The van der Waals surface area contributed by atoms with Crippen LogP contribution in [0.1, 0.15) is 39.6 Å². The Morgan fingerprint density at radius 3 is 2.57 bits per heavy atom. The molecule has 4 nitrogen and oxygen atoms in total. The predicted molar refractivity (Wildman–Crippen MR) is 90.2 cm³/mol. The minimum Gasteiger partial charge on any atom is -0.469 e. The van der Waals surface area contributed by atoms with Crippen molar-refractivity contribution in [2.45, 2.75) is 30.7 Å². The van der Waals surface area contributed by atoms with E-state index in [9.17, 15) is 9.59 Å². The van der Waals surface area contributed by atoms with E-state index in [0.29, 0.717) is 24.2 Å². The van der Waals surface area contributed by atoms with Gasteiger partial charge in [-0.05, 0) is 25.7 Å². The lowest BCUT2D eigenvalue weighted by Gasteiger charge is -2.08. The fourth-order valence-electron chi connectivity index (χ4n) is 3.09. The maximum atomic E-state index is 13.0. The number of hydrogen-bond donors (Lipinski definition) is 0. The second-order valence-electron chi connectivity index (χ2n) is 5.70. The summed E-state index contributed by atoms with van der Waals surface area (Å²) < 4.78 is 6.87. The van der Waals surface area contributed by atoms with E-state index in [0.717, 1.165) is 16.2 Å². The van der Waals surface area contributed by atoms with Gasteiger partial charge in [0.1, 0.15) is 5.69 Å². The Labute approximate surface area is 139 Å². The quantitative estimate of drug-likeness (QED) is 0.490. The maximum Gasteiger partial charge on any atom is 0.314 e. The molecule has 5 heteroatoms. The molecule has 0 amide bonds. The summed E-state index contributed by atoms with van der Waals surface area (Å²) in [5, 5.41) is 0. The first-order chi connectivity index (χ1) is 11.1. The van der Waals surface area contributed by atoms with Crippen molar-refractivity contribution in [2.75, 3.05) is 13.4 Å². The number of aryl methyl sites for hydroxylation is 1. The average Bonchev–Trinajstić information content (AvgIpc) is 3.12. The molecule has 2 heterocycles. The lowest BCUT2D eigenvalue weighted by molar-refractivity contribution is -0.142. The van der Waals surface area contributed by atoms with Crippen molar-refractivity contribution < 1.29 is 14.3 Å². The van der Waals surface area contributed by atoms with Crippen LogP contribution in [-0.2, 0) is 16.1 Å². The second kappa shape index (κ2) is 6.24. The average molecular weight is 329 g/mol. The van der Waals surface area contributed by atoms with Gasteiger partial charge in [-0.25, -0.2) is 0 Å². The molecule has 3 rings (SSSR count). The van der Waals surface area contributed by atoms with Crippen LogP contribution in [0.5, 0.6) is 0 Å². The van der Waals surface area contributed by atoms with Gasteiger partial charge in [0.15, 0.2) is 0 Å². The van der Waals surface area contributed by atoms with Crippen LogP contribution in [0.2, 0.25) is 0 Å². The van der Waals surface area contributed by atoms with E-state index in [4.69, 9.17) is 4.74 Å². The molecule has 1 aromatic carbocycles. The van der Waals surface area contributed by atoms with Gasteiger partial charge in [-0.2, -0.15) is 0 Å². The molecule has 0 bridgehead atoms. The Balaban J connectivity index is 2.05. The van der Waals surface area contributed by atoms with Crippen LogP contribution in [0, 0.1) is 6.92 Å². The fraction of sp³-hybridized carbons (Fsp3) is 0.333. The highest BCUT2D eigenvalue weighted by Gasteiger charge is 2.34. The molecular weight excluding hydrogens is 310 g/mol. The van der Waals surface area contributed by atoms with Crippen LogP contribution < -0.4 is 0 Å². The van der Waals surface area contributed by atoms with Gasteiger partial charge in [0.25, 0.3) is 0 Å². The van der Waals surface area contributed by atoms with Crippen LogP contribution >= 0.6 is 11.8 Å². The number of carbonyl (C=O) groups is 2. The molecule has 2 aromatic rings. The topological polar surface area (TPSA) is 48.3 Å². The van der Waals surface area contributed by atoms with Gasteiger partial charge in [-0.1, -0.05) is 29.8 Å². The Bertz CT molecular complexity index is 761. The molecule has 0 aliphatic carbocycles. The van der Waals surface area contributed by atoms with Gasteiger partial charge in [-0.15, -0.1) is 11.8 Å². The van der Waals surface area contributed by atoms with Crippen molar-refractivity contribution in [3.05, 3.63) is 52.8 Å². The highest BCUT2D eigenvalue weighted by molar-refractivity contribution is 7.98. The molecule has 1 aliphatic rings. The lowest BCUT2D eigenvalue weighted by Crippen LogP contribution is -2.12. The van der Waals surface area contributed by atoms with E-state index in [1.165, 1.54) is 18.9 Å². The van der Waals surface area contributed by atoms with Crippen LogP contribution in [0.25, 0.3) is 0 Å². The number of methoxy groups -OCH3 is 1. The first kappa shape index (κ1) is 15.9. The van der Waals surface area contributed by atoms with Gasteiger partial charge in [0.2, 0.25) is 5.78 Å². The zero-order valence-corrected chi connectivity index (χ0v) is 14.3. The fourth-order valence-corrected chi connectivity index (χ4v) is 3.73. The zero-order valence-electron chi connectivity index (χ0n) is 13.5. The summed E-state index contributed by atoms with van der Waals surface area (Å²) in [6.07, 6.45) is 2.63. The Hall–Kier alpha value is -2.01. The summed E-state index contributed by atoms with van der Waals surface area (Å²) in [5.41, 5.74) is 3.37. The van der Waals surface area contributed by atoms with Crippen LogP contribution in [-0.4, -0.2) is 29.7 Å². The molecule has 1 aliphatic heterocycles. The third-order valence-electron chi connectivity index (χ3n) is 4.33.